The van der Waals surface area contributed by atoms with E-state index in [0.29, 0.717) is 22.2 Å². The van der Waals surface area contributed by atoms with E-state index >= 15 is 0 Å². The number of para-hydroxylation sites is 1. The molecule has 0 fully saturated rings. The van der Waals surface area contributed by atoms with Gasteiger partial charge in [-0.05, 0) is 24.3 Å². The zero-order valence-electron chi connectivity index (χ0n) is 18.9. The van der Waals surface area contributed by atoms with Gasteiger partial charge in [0.1, 0.15) is 12.2 Å². The molecular weight excluding hydrogens is 460 g/mol. The number of nitrogens with zero attached hydrogens (tertiary/aromatic N) is 4. The van der Waals surface area contributed by atoms with Gasteiger partial charge in [-0.15, -0.1) is 0 Å². The van der Waals surface area contributed by atoms with Gasteiger partial charge >= 0.3 is 0 Å². The summed E-state index contributed by atoms with van der Waals surface area (Å²) in [5.74, 6) is -0.978. The van der Waals surface area contributed by atoms with Crippen LogP contribution in [0.2, 0.25) is 0 Å². The zero-order valence-corrected chi connectivity index (χ0v) is 18.9. The molecule has 0 bridgehead atoms. The van der Waals surface area contributed by atoms with Crippen molar-refractivity contribution in [2.24, 2.45) is 0 Å². The molecule has 0 spiro atoms. The van der Waals surface area contributed by atoms with Crippen LogP contribution in [0.4, 0.5) is 5.69 Å². The number of fused-ring (bicyclic) bond motifs is 1. The number of nitrogens with one attached hydrogen (secondary N) is 2. The third kappa shape index (κ3) is 4.55. The summed E-state index contributed by atoms with van der Waals surface area (Å²) in [6.07, 6.45) is 3.28. The Bertz CT molecular complexity index is 1570. The van der Waals surface area contributed by atoms with E-state index < -0.39 is 16.7 Å². The van der Waals surface area contributed by atoms with E-state index in [-0.39, 0.29) is 12.2 Å². The molecule has 2 amide bonds. The van der Waals surface area contributed by atoms with E-state index in [9.17, 15) is 19.7 Å². The SMILES string of the molecule is O=C(Cn1ccc2cc([N+](=O)[O-])ccc21)NNC(=O)c1cn(-c2ccccc2)nc1-c1ccccc1. The lowest BCUT2D eigenvalue weighted by Crippen LogP contribution is -2.43. The summed E-state index contributed by atoms with van der Waals surface area (Å²) < 4.78 is 3.26. The summed E-state index contributed by atoms with van der Waals surface area (Å²) in [5, 5.41) is 16.2. The normalized spacial score (nSPS) is 10.8. The second kappa shape index (κ2) is 9.55. The van der Waals surface area contributed by atoms with Gasteiger partial charge < -0.3 is 4.57 Å². The van der Waals surface area contributed by atoms with Gasteiger partial charge in [-0.1, -0.05) is 48.5 Å². The topological polar surface area (TPSA) is 124 Å². The standard InChI is InChI=1S/C26H20N6O4/c33-24(17-30-14-13-19-15-21(32(35)36)11-12-23(19)30)27-28-26(34)22-16-31(20-9-5-2-6-10-20)29-25(22)18-7-3-1-4-8-18/h1-16H,17H2,(H,27,33)(H,28,34). The molecule has 2 aromatic heterocycles. The van der Waals surface area contributed by atoms with Gasteiger partial charge in [0.15, 0.2) is 0 Å². The predicted octanol–water partition coefficient (Wildman–Crippen LogP) is 3.86. The number of nitro benzene ring substituents is 1. The smallest absolute Gasteiger partial charge is 0.273 e. The van der Waals surface area contributed by atoms with Crippen LogP contribution in [0.1, 0.15) is 10.4 Å². The fourth-order valence-corrected chi connectivity index (χ4v) is 3.89. The molecule has 3 aromatic carbocycles. The summed E-state index contributed by atoms with van der Waals surface area (Å²) >= 11 is 0. The monoisotopic (exact) mass is 480 g/mol. The van der Waals surface area contributed by atoms with Crippen LogP contribution in [0.25, 0.3) is 27.8 Å². The molecule has 0 unspecified atom stereocenters. The number of nitro groups is 1. The quantitative estimate of drug-likeness (QED) is 0.282. The highest BCUT2D eigenvalue weighted by molar-refractivity contribution is 6.00. The maximum absolute atomic E-state index is 13.1. The van der Waals surface area contributed by atoms with Crippen molar-refractivity contribution in [3.8, 4) is 16.9 Å². The Labute approximate surface area is 204 Å². The van der Waals surface area contributed by atoms with Crippen molar-refractivity contribution < 1.29 is 14.5 Å². The van der Waals surface area contributed by atoms with Crippen LogP contribution < -0.4 is 10.9 Å². The summed E-state index contributed by atoms with van der Waals surface area (Å²) in [5.41, 5.74) is 7.86. The van der Waals surface area contributed by atoms with Gasteiger partial charge in [-0.2, -0.15) is 5.10 Å². The molecule has 0 aliphatic rings. The minimum absolute atomic E-state index is 0.0257. The number of hydrogen-bond acceptors (Lipinski definition) is 5. The Balaban J connectivity index is 1.33. The predicted molar refractivity (Wildman–Crippen MR) is 133 cm³/mol. The van der Waals surface area contributed by atoms with E-state index in [4.69, 9.17) is 0 Å². The van der Waals surface area contributed by atoms with Crippen molar-refractivity contribution in [3.63, 3.8) is 0 Å². The van der Waals surface area contributed by atoms with Crippen LogP contribution in [0.3, 0.4) is 0 Å². The highest BCUT2D eigenvalue weighted by Gasteiger charge is 2.19. The van der Waals surface area contributed by atoms with Crippen LogP contribution in [-0.2, 0) is 11.3 Å². The molecule has 10 nitrogen and oxygen atoms in total. The highest BCUT2D eigenvalue weighted by Crippen LogP contribution is 2.24. The average Bonchev–Trinajstić information content (AvgIpc) is 3.53. The third-order valence-corrected chi connectivity index (χ3v) is 5.62. The third-order valence-electron chi connectivity index (χ3n) is 5.62. The Morgan fingerprint density at radius 2 is 1.64 bits per heavy atom. The Hall–Kier alpha value is -5.25. The van der Waals surface area contributed by atoms with Gasteiger partial charge in [0.2, 0.25) is 0 Å². The largest absolute Gasteiger partial charge is 0.338 e. The van der Waals surface area contributed by atoms with Gasteiger partial charge in [0.05, 0.1) is 16.2 Å². The molecule has 5 rings (SSSR count). The number of carbonyl (C=O) groups excluding carboxylic acids is 2. The van der Waals surface area contributed by atoms with Crippen molar-refractivity contribution >= 4 is 28.4 Å². The summed E-state index contributed by atoms with van der Waals surface area (Å²) in [7, 11) is 0. The molecule has 0 radical (unpaired) electrons. The molecule has 36 heavy (non-hydrogen) atoms. The lowest BCUT2D eigenvalue weighted by molar-refractivity contribution is -0.384. The molecule has 0 aliphatic carbocycles. The second-order valence-corrected chi connectivity index (χ2v) is 7.98. The van der Waals surface area contributed by atoms with Gasteiger partial charge in [-0.25, -0.2) is 4.68 Å². The molecule has 0 atom stereocenters. The fourth-order valence-electron chi connectivity index (χ4n) is 3.89. The van der Waals surface area contributed by atoms with Crippen LogP contribution in [-0.4, -0.2) is 31.1 Å². The van der Waals surface area contributed by atoms with Crippen molar-refractivity contribution in [2.45, 2.75) is 6.54 Å². The van der Waals surface area contributed by atoms with Crippen molar-refractivity contribution in [1.82, 2.24) is 25.2 Å². The number of non-ortho nitro benzene ring substituents is 1. The lowest BCUT2D eigenvalue weighted by Gasteiger charge is -2.09. The van der Waals surface area contributed by atoms with E-state index in [1.807, 2.05) is 60.7 Å². The van der Waals surface area contributed by atoms with E-state index in [1.165, 1.54) is 12.1 Å². The number of benzene rings is 3. The number of aromatic nitrogens is 3. The number of hydrazine groups is 1. The molecule has 2 N–H and O–H groups in total. The molecule has 0 saturated carbocycles. The van der Waals surface area contributed by atoms with E-state index in [1.54, 1.807) is 33.8 Å². The first kappa shape index (κ1) is 22.5. The van der Waals surface area contributed by atoms with Crippen LogP contribution in [0.15, 0.2) is 97.3 Å². The number of carbonyl (C=O) groups is 2. The molecule has 0 saturated heterocycles. The lowest BCUT2D eigenvalue weighted by atomic mass is 10.1. The maximum Gasteiger partial charge on any atom is 0.273 e. The molecule has 10 heteroatoms. The van der Waals surface area contributed by atoms with Crippen LogP contribution in [0, 0.1) is 10.1 Å². The minimum Gasteiger partial charge on any atom is -0.338 e. The van der Waals surface area contributed by atoms with Gasteiger partial charge in [0, 0.05) is 41.0 Å². The molecule has 0 aliphatic heterocycles. The van der Waals surface area contributed by atoms with Crippen LogP contribution in [0.5, 0.6) is 0 Å². The number of rotatable bonds is 6. The zero-order chi connectivity index (χ0) is 25.1. The fraction of sp³-hybridized carbons (Fsp3) is 0.0385. The Morgan fingerprint density at radius 1 is 0.917 bits per heavy atom. The van der Waals surface area contributed by atoms with Gasteiger partial charge in [0.25, 0.3) is 17.5 Å². The number of amides is 2. The average molecular weight is 480 g/mol. The summed E-state index contributed by atoms with van der Waals surface area (Å²) in [6.45, 7) is -0.0869. The van der Waals surface area contributed by atoms with Crippen LogP contribution >= 0.6 is 0 Å². The first-order chi connectivity index (χ1) is 17.5. The van der Waals surface area contributed by atoms with E-state index in [0.717, 1.165) is 11.3 Å². The Kier molecular flexibility index (Phi) is 5.98. The van der Waals surface area contributed by atoms with Crippen molar-refractivity contribution in [1.29, 1.82) is 0 Å². The van der Waals surface area contributed by atoms with Gasteiger partial charge in [-0.3, -0.25) is 30.6 Å². The molecule has 5 aromatic rings. The minimum atomic E-state index is -0.516. The van der Waals surface area contributed by atoms with Crippen molar-refractivity contribution in [2.75, 3.05) is 0 Å². The first-order valence-corrected chi connectivity index (χ1v) is 11.0. The molecule has 2 heterocycles. The maximum atomic E-state index is 13.1. The number of hydrogen-bond donors (Lipinski definition) is 2. The second-order valence-electron chi connectivity index (χ2n) is 7.98. The first-order valence-electron chi connectivity index (χ1n) is 11.0. The summed E-state index contributed by atoms with van der Waals surface area (Å²) in [4.78, 5) is 36.1. The Morgan fingerprint density at radius 3 is 2.36 bits per heavy atom. The van der Waals surface area contributed by atoms with E-state index in [2.05, 4.69) is 16.0 Å². The molecular formula is C26H20N6O4. The highest BCUT2D eigenvalue weighted by atomic mass is 16.6. The van der Waals surface area contributed by atoms with Crippen molar-refractivity contribution in [3.05, 3.63) is 113 Å². The summed E-state index contributed by atoms with van der Waals surface area (Å²) in [6, 6.07) is 24.8. The molecule has 178 valence electrons.